The molecule has 2 bridgehead atoms. The van der Waals surface area contributed by atoms with Gasteiger partial charge >= 0.3 is 5.97 Å². The Kier molecular flexibility index (Phi) is 3.81. The minimum atomic E-state index is -3.75. The van der Waals surface area contributed by atoms with Gasteiger partial charge in [0.1, 0.15) is 0 Å². The summed E-state index contributed by atoms with van der Waals surface area (Å²) in [5, 5.41) is 9.06. The van der Waals surface area contributed by atoms with E-state index in [-0.39, 0.29) is 28.7 Å². The van der Waals surface area contributed by atoms with Gasteiger partial charge in [-0.2, -0.15) is 0 Å². The third kappa shape index (κ3) is 2.85. The second-order valence-corrected chi connectivity index (χ2v) is 7.85. The molecule has 21 heavy (non-hydrogen) atoms. The first-order valence-electron chi connectivity index (χ1n) is 6.57. The predicted octanol–water partition coefficient (Wildman–Crippen LogP) is 1.75. The number of halogens is 1. The molecule has 0 aromatic heterocycles. The van der Waals surface area contributed by atoms with Gasteiger partial charge in [-0.3, -0.25) is 0 Å². The quantitative estimate of drug-likeness (QED) is 0.835. The van der Waals surface area contributed by atoms with Crippen LogP contribution in [-0.2, 0) is 14.8 Å². The molecule has 1 aromatic rings. The Morgan fingerprint density at radius 1 is 1.38 bits per heavy atom. The van der Waals surface area contributed by atoms with Crippen molar-refractivity contribution >= 4 is 31.9 Å². The fourth-order valence-corrected chi connectivity index (χ4v) is 4.58. The standard InChI is InChI=1S/C13H14BrNO5S/c14-10-3-2-8(6-9(10)13(16)17)21(18,19)15-11-5-7-1-4-12(11)20-7/h2-3,6-7,11-12,15H,1,4-5H2,(H,16,17). The summed E-state index contributed by atoms with van der Waals surface area (Å²) in [6.07, 6.45) is 2.58. The summed E-state index contributed by atoms with van der Waals surface area (Å²) in [4.78, 5) is 11.0. The highest BCUT2D eigenvalue weighted by Crippen LogP contribution is 2.35. The topological polar surface area (TPSA) is 92.7 Å². The zero-order valence-corrected chi connectivity index (χ0v) is 13.4. The number of nitrogens with one attached hydrogen (secondary N) is 1. The van der Waals surface area contributed by atoms with E-state index in [0.29, 0.717) is 10.9 Å². The normalized spacial score (nSPS) is 28.0. The van der Waals surface area contributed by atoms with E-state index in [4.69, 9.17) is 9.84 Å². The number of benzene rings is 1. The van der Waals surface area contributed by atoms with E-state index < -0.39 is 16.0 Å². The smallest absolute Gasteiger partial charge is 0.336 e. The maximum atomic E-state index is 12.4. The van der Waals surface area contributed by atoms with Crippen molar-refractivity contribution < 1.29 is 23.1 Å². The zero-order chi connectivity index (χ0) is 15.2. The highest BCUT2D eigenvalue weighted by atomic mass is 79.9. The number of carboxylic acids is 1. The van der Waals surface area contributed by atoms with Crippen molar-refractivity contribution in [3.63, 3.8) is 0 Å². The first-order valence-corrected chi connectivity index (χ1v) is 8.85. The molecule has 0 radical (unpaired) electrons. The highest BCUT2D eigenvalue weighted by molar-refractivity contribution is 9.10. The van der Waals surface area contributed by atoms with Gasteiger partial charge in [0.05, 0.1) is 28.7 Å². The summed E-state index contributed by atoms with van der Waals surface area (Å²) in [6.45, 7) is 0. The van der Waals surface area contributed by atoms with Crippen molar-refractivity contribution in [1.29, 1.82) is 0 Å². The van der Waals surface area contributed by atoms with Gasteiger partial charge in [0, 0.05) is 4.47 Å². The van der Waals surface area contributed by atoms with Gasteiger partial charge in [-0.05, 0) is 53.4 Å². The molecule has 2 fully saturated rings. The molecule has 2 heterocycles. The summed E-state index contributed by atoms with van der Waals surface area (Å²) < 4.78 is 33.3. The number of fused-ring (bicyclic) bond motifs is 2. The first kappa shape index (κ1) is 15.0. The van der Waals surface area contributed by atoms with Crippen LogP contribution in [0.1, 0.15) is 29.6 Å². The number of aromatic carboxylic acids is 1. The SMILES string of the molecule is O=C(O)c1cc(S(=O)(=O)NC2CC3CCC2O3)ccc1Br. The molecule has 114 valence electrons. The van der Waals surface area contributed by atoms with Crippen LogP contribution in [-0.4, -0.2) is 37.7 Å². The van der Waals surface area contributed by atoms with Crippen LogP contribution >= 0.6 is 15.9 Å². The van der Waals surface area contributed by atoms with Crippen LogP contribution in [0.15, 0.2) is 27.6 Å². The Morgan fingerprint density at radius 3 is 2.71 bits per heavy atom. The molecule has 3 rings (SSSR count). The molecule has 8 heteroatoms. The van der Waals surface area contributed by atoms with Crippen LogP contribution < -0.4 is 4.72 Å². The molecule has 3 unspecified atom stereocenters. The van der Waals surface area contributed by atoms with Crippen LogP contribution in [0.25, 0.3) is 0 Å². The van der Waals surface area contributed by atoms with Crippen molar-refractivity contribution in [1.82, 2.24) is 4.72 Å². The Morgan fingerprint density at radius 2 is 2.14 bits per heavy atom. The van der Waals surface area contributed by atoms with Crippen molar-refractivity contribution in [3.05, 3.63) is 28.2 Å². The number of hydrogen-bond donors (Lipinski definition) is 2. The Balaban J connectivity index is 1.85. The third-order valence-corrected chi connectivity index (χ3v) is 6.07. The van der Waals surface area contributed by atoms with Gasteiger partial charge in [-0.15, -0.1) is 0 Å². The zero-order valence-electron chi connectivity index (χ0n) is 11.0. The van der Waals surface area contributed by atoms with E-state index in [1.165, 1.54) is 12.1 Å². The fourth-order valence-electron chi connectivity index (χ4n) is 2.86. The molecule has 1 aromatic carbocycles. The van der Waals surface area contributed by atoms with Crippen LogP contribution in [0.2, 0.25) is 0 Å². The number of hydrogen-bond acceptors (Lipinski definition) is 4. The highest BCUT2D eigenvalue weighted by Gasteiger charge is 2.42. The van der Waals surface area contributed by atoms with Crippen LogP contribution in [0, 0.1) is 0 Å². The van der Waals surface area contributed by atoms with Crippen molar-refractivity contribution in [2.24, 2.45) is 0 Å². The Labute approximate surface area is 130 Å². The second-order valence-electron chi connectivity index (χ2n) is 5.28. The summed E-state index contributed by atoms with van der Waals surface area (Å²) in [5.74, 6) is -1.18. The van der Waals surface area contributed by atoms with Crippen LogP contribution in [0.5, 0.6) is 0 Å². The first-order chi connectivity index (χ1) is 9.87. The maximum Gasteiger partial charge on any atom is 0.336 e. The molecule has 3 atom stereocenters. The Hall–Kier alpha value is -0.960. The number of carbonyl (C=O) groups is 1. The minimum Gasteiger partial charge on any atom is -0.478 e. The summed E-state index contributed by atoms with van der Waals surface area (Å²) >= 11 is 3.10. The Bertz CT molecular complexity index is 690. The van der Waals surface area contributed by atoms with Crippen molar-refractivity contribution in [3.8, 4) is 0 Å². The molecule has 0 amide bonds. The van der Waals surface area contributed by atoms with E-state index in [1.807, 2.05) is 0 Å². The largest absolute Gasteiger partial charge is 0.478 e. The number of ether oxygens (including phenoxy) is 1. The molecule has 2 saturated heterocycles. The second kappa shape index (κ2) is 5.35. The van der Waals surface area contributed by atoms with Gasteiger partial charge < -0.3 is 9.84 Å². The van der Waals surface area contributed by atoms with Gasteiger partial charge in [-0.25, -0.2) is 17.9 Å². The fraction of sp³-hybridized carbons (Fsp3) is 0.462. The predicted molar refractivity (Wildman–Crippen MR) is 77.7 cm³/mol. The molecule has 2 N–H and O–H groups in total. The lowest BCUT2D eigenvalue weighted by molar-refractivity contribution is 0.0695. The van der Waals surface area contributed by atoms with Crippen molar-refractivity contribution in [2.45, 2.75) is 42.4 Å². The maximum absolute atomic E-state index is 12.4. The molecule has 2 aliphatic rings. The lowest BCUT2D eigenvalue weighted by Gasteiger charge is -2.20. The molecule has 0 aliphatic carbocycles. The van der Waals surface area contributed by atoms with Gasteiger partial charge in [0.2, 0.25) is 10.0 Å². The van der Waals surface area contributed by atoms with E-state index in [9.17, 15) is 13.2 Å². The summed E-state index contributed by atoms with van der Waals surface area (Å²) in [5.41, 5.74) is -0.0814. The van der Waals surface area contributed by atoms with Gasteiger partial charge in [0.15, 0.2) is 0 Å². The minimum absolute atomic E-state index is 0.0501. The third-order valence-electron chi connectivity index (χ3n) is 3.89. The van der Waals surface area contributed by atoms with Gasteiger partial charge in [-0.1, -0.05) is 0 Å². The number of sulfonamides is 1. The lowest BCUT2D eigenvalue weighted by Crippen LogP contribution is -2.41. The summed E-state index contributed by atoms with van der Waals surface area (Å²) in [6, 6.07) is 3.73. The number of rotatable bonds is 4. The van der Waals surface area contributed by atoms with Crippen LogP contribution in [0.3, 0.4) is 0 Å². The lowest BCUT2D eigenvalue weighted by atomic mass is 9.96. The molecule has 0 saturated carbocycles. The molecule has 6 nitrogen and oxygen atoms in total. The van der Waals surface area contributed by atoms with E-state index in [2.05, 4.69) is 20.7 Å². The average Bonchev–Trinajstić information content (AvgIpc) is 3.00. The van der Waals surface area contributed by atoms with Crippen LogP contribution in [0.4, 0.5) is 0 Å². The average molecular weight is 376 g/mol. The molecular weight excluding hydrogens is 362 g/mol. The molecule has 0 spiro atoms. The summed E-state index contributed by atoms with van der Waals surface area (Å²) in [7, 11) is -3.75. The van der Waals surface area contributed by atoms with Gasteiger partial charge in [0.25, 0.3) is 0 Å². The van der Waals surface area contributed by atoms with E-state index >= 15 is 0 Å². The monoisotopic (exact) mass is 375 g/mol. The van der Waals surface area contributed by atoms with E-state index in [1.54, 1.807) is 0 Å². The molecular formula is C13H14BrNO5S. The number of carboxylic acid groups (broad SMARTS) is 1. The molecule has 2 aliphatic heterocycles. The van der Waals surface area contributed by atoms with Crippen molar-refractivity contribution in [2.75, 3.05) is 0 Å². The van der Waals surface area contributed by atoms with E-state index in [0.717, 1.165) is 18.9 Å².